The van der Waals surface area contributed by atoms with Crippen molar-refractivity contribution in [3.8, 4) is 0 Å². The summed E-state index contributed by atoms with van der Waals surface area (Å²) in [5.41, 5.74) is -1.14. The molecule has 0 aromatic heterocycles. The number of hydrogen-bond acceptors (Lipinski definition) is 4. The lowest BCUT2D eigenvalue weighted by Crippen LogP contribution is -2.32. The highest BCUT2D eigenvalue weighted by Gasteiger charge is 2.37. The van der Waals surface area contributed by atoms with Gasteiger partial charge in [-0.15, -0.1) is 0 Å². The molecule has 0 spiro atoms. The molecule has 0 unspecified atom stereocenters. The lowest BCUT2D eigenvalue weighted by Gasteiger charge is -2.23. The van der Waals surface area contributed by atoms with Crippen LogP contribution in [0.2, 0.25) is 0 Å². The predicted octanol–water partition coefficient (Wildman–Crippen LogP) is 7.52. The molecule has 2 N–H and O–H groups in total. The topological polar surface area (TPSA) is 101 Å². The highest BCUT2D eigenvalue weighted by Crippen LogP contribution is 2.30. The molecule has 0 aromatic rings. The van der Waals surface area contributed by atoms with E-state index in [9.17, 15) is 24.3 Å². The summed E-state index contributed by atoms with van der Waals surface area (Å²) in [6, 6.07) is 0. The molecule has 1 rings (SSSR count). The Bertz CT molecular complexity index is 539. The molecule has 1 fully saturated rings. The average molecular weight is 496 g/mol. The fourth-order valence-corrected chi connectivity index (χ4v) is 4.52. The van der Waals surface area contributed by atoms with Crippen LogP contribution in [0.5, 0.6) is 0 Å². The summed E-state index contributed by atoms with van der Waals surface area (Å²) in [5.74, 6) is -1.21. The van der Waals surface area contributed by atoms with E-state index < -0.39 is 11.4 Å². The first-order valence-corrected chi connectivity index (χ1v) is 14.4. The Morgan fingerprint density at radius 1 is 0.686 bits per heavy atom. The van der Waals surface area contributed by atoms with E-state index in [1.54, 1.807) is 0 Å². The molecule has 6 nitrogen and oxygen atoms in total. The molecule has 0 aliphatic carbocycles. The van der Waals surface area contributed by atoms with Crippen LogP contribution in [0, 0.1) is 5.41 Å². The van der Waals surface area contributed by atoms with Gasteiger partial charge in [-0.1, -0.05) is 129 Å². The maximum Gasteiger partial charge on any atom is 0.316 e. The quantitative estimate of drug-likeness (QED) is 0.0700. The molecule has 1 aliphatic heterocycles. The molecule has 1 heterocycles. The first kappa shape index (κ1) is 33.3. The lowest BCUT2D eigenvalue weighted by molar-refractivity contribution is -0.152. The molecule has 6 heteroatoms. The van der Waals surface area contributed by atoms with E-state index in [4.69, 9.17) is 0 Å². The zero-order chi connectivity index (χ0) is 26.2. The second-order valence-electron chi connectivity index (χ2n) is 10.2. The van der Waals surface area contributed by atoms with Gasteiger partial charge in [0.1, 0.15) is 11.7 Å². The number of unbranched alkanes of at least 4 members (excludes halogenated alkanes) is 16. The minimum atomic E-state index is -1.14. The summed E-state index contributed by atoms with van der Waals surface area (Å²) in [4.78, 5) is 43.6. The second kappa shape index (κ2) is 22.7. The van der Waals surface area contributed by atoms with E-state index in [-0.39, 0.29) is 11.8 Å². The van der Waals surface area contributed by atoms with Crippen LogP contribution >= 0.6 is 0 Å². The third kappa shape index (κ3) is 18.2. The van der Waals surface area contributed by atoms with Crippen LogP contribution in [-0.4, -0.2) is 29.2 Å². The summed E-state index contributed by atoms with van der Waals surface area (Å²) in [6.07, 6.45) is 24.2. The Morgan fingerprint density at radius 3 is 1.23 bits per heavy atom. The number of amides is 2. The van der Waals surface area contributed by atoms with Gasteiger partial charge >= 0.3 is 5.97 Å². The zero-order valence-electron chi connectivity index (χ0n) is 22.7. The molecule has 0 radical (unpaired) electrons. The van der Waals surface area contributed by atoms with Crippen LogP contribution in [0.25, 0.3) is 0 Å². The maximum atomic E-state index is 11.8. The largest absolute Gasteiger partial charge is 0.481 e. The van der Waals surface area contributed by atoms with Crippen LogP contribution in [0.1, 0.15) is 155 Å². The van der Waals surface area contributed by atoms with Gasteiger partial charge in [0.05, 0.1) is 0 Å². The van der Waals surface area contributed by atoms with Gasteiger partial charge in [-0.25, -0.2) is 0 Å². The van der Waals surface area contributed by atoms with E-state index >= 15 is 0 Å². The van der Waals surface area contributed by atoms with Gasteiger partial charge in [0, 0.05) is 12.8 Å². The summed E-state index contributed by atoms with van der Waals surface area (Å²) in [7, 11) is 0. The van der Waals surface area contributed by atoms with Gasteiger partial charge in [0.15, 0.2) is 0 Å². The van der Waals surface area contributed by atoms with Crippen molar-refractivity contribution in [3.05, 3.63) is 0 Å². The molecule has 0 atom stereocenters. The highest BCUT2D eigenvalue weighted by atomic mass is 16.4. The molecular formula is C29H53NO5. The van der Waals surface area contributed by atoms with Gasteiger partial charge in [-0.05, 0) is 12.8 Å². The van der Waals surface area contributed by atoms with Gasteiger partial charge in [-0.3, -0.25) is 19.7 Å². The minimum absolute atomic E-state index is 0.148. The first-order chi connectivity index (χ1) is 16.9. The summed E-state index contributed by atoms with van der Waals surface area (Å²) in [5, 5.41) is 11.8. The summed E-state index contributed by atoms with van der Waals surface area (Å²) >= 11 is 0. The van der Waals surface area contributed by atoms with Crippen molar-refractivity contribution >= 4 is 24.1 Å². The Balaban J connectivity index is 0.00000140. The van der Waals surface area contributed by atoms with Gasteiger partial charge < -0.3 is 9.90 Å². The van der Waals surface area contributed by atoms with Crippen molar-refractivity contribution in [1.82, 2.24) is 5.32 Å². The Morgan fingerprint density at radius 2 is 1.00 bits per heavy atom. The van der Waals surface area contributed by atoms with Crippen molar-refractivity contribution in [2.45, 2.75) is 155 Å². The van der Waals surface area contributed by atoms with Crippen molar-refractivity contribution in [3.63, 3.8) is 0 Å². The van der Waals surface area contributed by atoms with Gasteiger partial charge in [0.2, 0.25) is 11.8 Å². The van der Waals surface area contributed by atoms with Crippen LogP contribution < -0.4 is 5.32 Å². The number of carbonyl (C=O) groups excluding carboxylic acids is 3. The molecule has 2 amide bonds. The second-order valence-corrected chi connectivity index (χ2v) is 10.2. The summed E-state index contributed by atoms with van der Waals surface area (Å²) < 4.78 is 0. The fourth-order valence-electron chi connectivity index (χ4n) is 4.52. The van der Waals surface area contributed by atoms with Crippen molar-refractivity contribution in [2.24, 2.45) is 5.41 Å². The van der Waals surface area contributed by atoms with Gasteiger partial charge in [-0.2, -0.15) is 0 Å². The van der Waals surface area contributed by atoms with Crippen LogP contribution in [0.3, 0.4) is 0 Å². The number of hydrogen-bond donors (Lipinski definition) is 2. The smallest absolute Gasteiger partial charge is 0.316 e. The van der Waals surface area contributed by atoms with Gasteiger partial charge in [0.25, 0.3) is 0 Å². The molecule has 35 heavy (non-hydrogen) atoms. The molecule has 0 bridgehead atoms. The van der Waals surface area contributed by atoms with Crippen LogP contribution in [-0.2, 0) is 19.2 Å². The van der Waals surface area contributed by atoms with E-state index in [1.807, 2.05) is 0 Å². The number of carboxylic acids is 1. The van der Waals surface area contributed by atoms with E-state index in [1.165, 1.54) is 89.9 Å². The Kier molecular flexibility index (Phi) is 21.6. The number of imide groups is 1. The van der Waals surface area contributed by atoms with E-state index in [0.29, 0.717) is 25.7 Å². The standard InChI is InChI=1S/C25H48O3.C4H5NO2/c1-3-5-7-9-11-13-15-17-19-21-25(23-26,24(27)28)22-20-18-16-14-12-10-8-6-4-2;6-3-1-2-4(7)5-3/h23H,3-22H2,1-2H3,(H,27,28);1-2H2,(H,5,6,7). The Labute approximate surface area is 214 Å². The summed E-state index contributed by atoms with van der Waals surface area (Å²) in [6.45, 7) is 4.47. The van der Waals surface area contributed by atoms with Crippen molar-refractivity contribution in [2.75, 3.05) is 0 Å². The molecule has 0 aromatic carbocycles. The third-order valence-corrected chi connectivity index (χ3v) is 6.96. The van der Waals surface area contributed by atoms with Crippen molar-refractivity contribution < 1.29 is 24.3 Å². The molecule has 1 saturated heterocycles. The highest BCUT2D eigenvalue weighted by molar-refractivity contribution is 6.01. The molecular weight excluding hydrogens is 442 g/mol. The number of carboxylic acid groups (broad SMARTS) is 1. The maximum absolute atomic E-state index is 11.8. The fraction of sp³-hybridized carbons (Fsp3) is 0.862. The number of carbonyl (C=O) groups is 4. The van der Waals surface area contributed by atoms with Crippen LogP contribution in [0.15, 0.2) is 0 Å². The molecule has 0 saturated carbocycles. The third-order valence-electron chi connectivity index (χ3n) is 6.96. The van der Waals surface area contributed by atoms with E-state index in [0.717, 1.165) is 32.0 Å². The lowest BCUT2D eigenvalue weighted by atomic mass is 9.79. The minimum Gasteiger partial charge on any atom is -0.481 e. The monoisotopic (exact) mass is 495 g/mol. The molecule has 204 valence electrons. The number of aldehydes is 1. The Hall–Kier alpha value is -1.72. The normalized spacial score (nSPS) is 13.3. The first-order valence-electron chi connectivity index (χ1n) is 14.4. The van der Waals surface area contributed by atoms with Crippen LogP contribution in [0.4, 0.5) is 0 Å². The van der Waals surface area contributed by atoms with E-state index in [2.05, 4.69) is 19.2 Å². The number of nitrogens with one attached hydrogen (secondary N) is 1. The number of rotatable bonds is 22. The average Bonchev–Trinajstić information content (AvgIpc) is 3.23. The SMILES string of the molecule is CCCCCCCCCCCC(C=O)(CCCCCCCCCCC)C(=O)O.O=C1CCC(=O)N1. The predicted molar refractivity (Wildman–Crippen MR) is 142 cm³/mol. The zero-order valence-corrected chi connectivity index (χ0v) is 22.7. The number of aliphatic carboxylic acids is 1. The molecule has 1 aliphatic rings. The van der Waals surface area contributed by atoms with Crippen molar-refractivity contribution in [1.29, 1.82) is 0 Å².